The van der Waals surface area contributed by atoms with Gasteiger partial charge in [0.1, 0.15) is 23.1 Å². The second kappa shape index (κ2) is 10.6. The molecule has 1 atom stereocenters. The zero-order valence-corrected chi connectivity index (χ0v) is 20.4. The first kappa shape index (κ1) is 24.9. The average molecular weight is 483 g/mol. The molecule has 0 spiro atoms. The Kier molecular flexibility index (Phi) is 7.50. The van der Waals surface area contributed by atoms with E-state index in [2.05, 4.69) is 10.6 Å². The fraction of sp³-hybridized carbons (Fsp3) is 0.407. The van der Waals surface area contributed by atoms with Crippen molar-refractivity contribution in [1.82, 2.24) is 20.2 Å². The van der Waals surface area contributed by atoms with Gasteiger partial charge in [0.2, 0.25) is 0 Å². The molecule has 1 unspecified atom stereocenters. The molecule has 1 aliphatic heterocycles. The van der Waals surface area contributed by atoms with E-state index in [0.717, 1.165) is 49.7 Å². The van der Waals surface area contributed by atoms with E-state index in [1.165, 1.54) is 0 Å². The Morgan fingerprint density at radius 2 is 1.89 bits per heavy atom. The molecule has 2 N–H and O–H groups in total. The van der Waals surface area contributed by atoms with Crippen LogP contribution in [0.4, 0.5) is 13.6 Å². The molecule has 1 aliphatic rings. The van der Waals surface area contributed by atoms with Crippen molar-refractivity contribution >= 4 is 6.09 Å². The number of aromatic nitrogens is 2. The van der Waals surface area contributed by atoms with E-state index in [0.29, 0.717) is 18.1 Å². The highest BCUT2D eigenvalue weighted by Crippen LogP contribution is 2.32. The highest BCUT2D eigenvalue weighted by atomic mass is 19.1. The van der Waals surface area contributed by atoms with Gasteiger partial charge >= 0.3 is 6.09 Å². The minimum absolute atomic E-state index is 0.0828. The number of piperidine rings is 1. The Balaban J connectivity index is 1.77. The third-order valence-corrected chi connectivity index (χ3v) is 6.01. The van der Waals surface area contributed by atoms with Crippen LogP contribution >= 0.6 is 0 Å². The lowest BCUT2D eigenvalue weighted by Gasteiger charge is -2.32. The number of imidazole rings is 1. The molecule has 8 heteroatoms. The van der Waals surface area contributed by atoms with Crippen molar-refractivity contribution in [2.24, 2.45) is 5.92 Å². The predicted molar refractivity (Wildman–Crippen MR) is 131 cm³/mol. The van der Waals surface area contributed by atoms with Gasteiger partial charge in [-0.2, -0.15) is 0 Å². The average Bonchev–Trinajstić information content (AvgIpc) is 3.22. The first-order chi connectivity index (χ1) is 16.7. The Morgan fingerprint density at radius 1 is 1.17 bits per heavy atom. The van der Waals surface area contributed by atoms with E-state index in [4.69, 9.17) is 9.72 Å². The molecule has 6 nitrogen and oxygen atoms in total. The fourth-order valence-corrected chi connectivity index (χ4v) is 4.41. The number of ether oxygens (including phenoxy) is 1. The molecule has 1 amide bonds. The third kappa shape index (κ3) is 6.45. The molecule has 2 aromatic carbocycles. The minimum Gasteiger partial charge on any atom is -0.444 e. The number of nitrogens with zero attached hydrogens (tertiary/aromatic N) is 2. The summed E-state index contributed by atoms with van der Waals surface area (Å²) >= 11 is 0. The van der Waals surface area contributed by atoms with Gasteiger partial charge in [-0.15, -0.1) is 0 Å². The summed E-state index contributed by atoms with van der Waals surface area (Å²) in [5.74, 6) is -0.403. The van der Waals surface area contributed by atoms with Crippen LogP contribution in [0.5, 0.6) is 0 Å². The number of halogens is 2. The summed E-state index contributed by atoms with van der Waals surface area (Å²) in [5, 5.41) is 6.39. The highest BCUT2D eigenvalue weighted by Gasteiger charge is 2.32. The molecule has 2 heterocycles. The van der Waals surface area contributed by atoms with Crippen LogP contribution in [0, 0.1) is 17.6 Å². The highest BCUT2D eigenvalue weighted by molar-refractivity contribution is 5.68. The van der Waals surface area contributed by atoms with E-state index >= 15 is 0 Å². The standard InChI is InChI=1S/C27H32F2N4O2/c1-27(2,3)35-26(34)32-24(19-11-13-30-14-12-19)25-31-23(21-15-20(28)9-10-22(21)29)17-33(25)16-18-7-5-4-6-8-18/h4-10,15,17,19,24,30H,11-14,16H2,1-3H3,(H,32,34). The number of carbonyl (C=O) groups is 1. The maximum absolute atomic E-state index is 14.7. The quantitative estimate of drug-likeness (QED) is 0.491. The molecule has 3 aromatic rings. The van der Waals surface area contributed by atoms with Gasteiger partial charge in [-0.05, 0) is 76.4 Å². The third-order valence-electron chi connectivity index (χ3n) is 6.01. The zero-order chi connectivity index (χ0) is 25.0. The zero-order valence-electron chi connectivity index (χ0n) is 20.4. The first-order valence-electron chi connectivity index (χ1n) is 12.0. The molecule has 35 heavy (non-hydrogen) atoms. The topological polar surface area (TPSA) is 68.2 Å². The van der Waals surface area contributed by atoms with Crippen LogP contribution < -0.4 is 10.6 Å². The molecule has 0 saturated carbocycles. The minimum atomic E-state index is -0.655. The summed E-state index contributed by atoms with van der Waals surface area (Å²) in [4.78, 5) is 17.6. The van der Waals surface area contributed by atoms with Gasteiger partial charge in [0.15, 0.2) is 0 Å². The lowest BCUT2D eigenvalue weighted by atomic mass is 9.89. The first-order valence-corrected chi connectivity index (χ1v) is 12.0. The molecule has 0 aliphatic carbocycles. The maximum atomic E-state index is 14.7. The molecular formula is C27H32F2N4O2. The number of hydrogen-bond acceptors (Lipinski definition) is 4. The summed E-state index contributed by atoms with van der Waals surface area (Å²) in [6, 6.07) is 12.7. The van der Waals surface area contributed by atoms with Gasteiger partial charge in [0, 0.05) is 18.3 Å². The van der Waals surface area contributed by atoms with Crippen molar-refractivity contribution in [3.8, 4) is 11.3 Å². The van der Waals surface area contributed by atoms with Crippen LogP contribution in [0.3, 0.4) is 0 Å². The Bertz CT molecular complexity index is 1150. The largest absolute Gasteiger partial charge is 0.444 e. The number of alkyl carbamates (subject to hydrolysis) is 1. The van der Waals surface area contributed by atoms with Crippen molar-refractivity contribution in [2.75, 3.05) is 13.1 Å². The van der Waals surface area contributed by atoms with E-state index in [-0.39, 0.29) is 11.5 Å². The number of hydrogen-bond donors (Lipinski definition) is 2. The van der Waals surface area contributed by atoms with Crippen LogP contribution in [0.25, 0.3) is 11.3 Å². The van der Waals surface area contributed by atoms with Crippen molar-refractivity contribution in [2.45, 2.75) is 51.8 Å². The Morgan fingerprint density at radius 3 is 2.57 bits per heavy atom. The number of carbonyl (C=O) groups excluding carboxylic acids is 1. The van der Waals surface area contributed by atoms with Crippen molar-refractivity contribution in [3.63, 3.8) is 0 Å². The van der Waals surface area contributed by atoms with Crippen molar-refractivity contribution in [1.29, 1.82) is 0 Å². The monoisotopic (exact) mass is 482 g/mol. The smallest absolute Gasteiger partial charge is 0.408 e. The molecule has 4 rings (SSSR count). The van der Waals surface area contributed by atoms with Gasteiger partial charge in [-0.25, -0.2) is 18.6 Å². The summed E-state index contributed by atoms with van der Waals surface area (Å²) in [6.07, 6.45) is 2.86. The number of amides is 1. The maximum Gasteiger partial charge on any atom is 0.408 e. The summed E-state index contributed by atoms with van der Waals surface area (Å²) in [5.41, 5.74) is 0.772. The molecule has 1 saturated heterocycles. The SMILES string of the molecule is CC(C)(C)OC(=O)NC(c1nc(-c2cc(F)ccc2F)cn1Cc1ccccc1)C1CCNCC1. The Labute approximate surface area is 204 Å². The molecular weight excluding hydrogens is 450 g/mol. The number of rotatable bonds is 6. The second-order valence-corrected chi connectivity index (χ2v) is 9.93. The van der Waals surface area contributed by atoms with Crippen LogP contribution in [0.15, 0.2) is 54.7 Å². The fourth-order valence-electron chi connectivity index (χ4n) is 4.41. The van der Waals surface area contributed by atoms with Crippen LogP contribution in [-0.2, 0) is 11.3 Å². The van der Waals surface area contributed by atoms with E-state index in [9.17, 15) is 13.6 Å². The molecule has 0 radical (unpaired) electrons. The molecule has 186 valence electrons. The number of benzene rings is 2. The lowest BCUT2D eigenvalue weighted by molar-refractivity contribution is 0.0472. The normalized spacial score (nSPS) is 15.6. The van der Waals surface area contributed by atoms with Gasteiger partial charge in [-0.1, -0.05) is 30.3 Å². The molecule has 1 fully saturated rings. The van der Waals surface area contributed by atoms with Gasteiger partial charge < -0.3 is 19.9 Å². The van der Waals surface area contributed by atoms with Crippen molar-refractivity contribution in [3.05, 3.63) is 77.8 Å². The van der Waals surface area contributed by atoms with Crippen LogP contribution in [0.1, 0.15) is 51.0 Å². The van der Waals surface area contributed by atoms with Gasteiger partial charge in [0.25, 0.3) is 0 Å². The van der Waals surface area contributed by atoms with Gasteiger partial charge in [-0.3, -0.25) is 0 Å². The van der Waals surface area contributed by atoms with Crippen LogP contribution in [0.2, 0.25) is 0 Å². The van der Waals surface area contributed by atoms with Gasteiger partial charge in [0.05, 0.1) is 11.7 Å². The van der Waals surface area contributed by atoms with E-state index in [1.54, 1.807) is 6.20 Å². The summed E-state index contributed by atoms with van der Waals surface area (Å²) in [6.45, 7) is 7.55. The van der Waals surface area contributed by atoms with Crippen molar-refractivity contribution < 1.29 is 18.3 Å². The van der Waals surface area contributed by atoms with E-state index < -0.39 is 29.4 Å². The summed E-state index contributed by atoms with van der Waals surface area (Å²) in [7, 11) is 0. The van der Waals surface area contributed by atoms with Crippen LogP contribution in [-0.4, -0.2) is 34.3 Å². The number of nitrogens with one attached hydrogen (secondary N) is 2. The summed E-state index contributed by atoms with van der Waals surface area (Å²) < 4.78 is 36.1. The molecule has 0 bridgehead atoms. The Hall–Kier alpha value is -3.26. The second-order valence-electron chi connectivity index (χ2n) is 9.93. The molecule has 1 aromatic heterocycles. The lowest BCUT2D eigenvalue weighted by Crippen LogP contribution is -2.42. The van der Waals surface area contributed by atoms with E-state index in [1.807, 2.05) is 55.7 Å². The predicted octanol–water partition coefficient (Wildman–Crippen LogP) is 5.44.